The highest BCUT2D eigenvalue weighted by atomic mass is 16.5. The summed E-state index contributed by atoms with van der Waals surface area (Å²) in [7, 11) is 1.63. The molecule has 1 saturated heterocycles. The lowest BCUT2D eigenvalue weighted by molar-refractivity contribution is 0.0612. The van der Waals surface area contributed by atoms with Gasteiger partial charge in [-0.1, -0.05) is 11.2 Å². The van der Waals surface area contributed by atoms with Crippen LogP contribution < -0.4 is 4.74 Å². The Hall–Kier alpha value is -2.93. The first kappa shape index (κ1) is 17.5. The highest BCUT2D eigenvalue weighted by molar-refractivity contribution is 5.95. The van der Waals surface area contributed by atoms with E-state index in [1.807, 2.05) is 42.2 Å². The molecule has 0 radical (unpaired) electrons. The molecule has 1 amide bonds. The number of carbonyl (C=O) groups is 1. The van der Waals surface area contributed by atoms with E-state index in [1.54, 1.807) is 13.2 Å². The fourth-order valence-corrected chi connectivity index (χ4v) is 3.33. The quantitative estimate of drug-likeness (QED) is 0.706. The molecule has 3 aromatic rings. The summed E-state index contributed by atoms with van der Waals surface area (Å²) >= 11 is 0. The molecule has 7 heteroatoms. The van der Waals surface area contributed by atoms with Crippen LogP contribution in [0.2, 0.25) is 0 Å². The fourth-order valence-electron chi connectivity index (χ4n) is 3.33. The van der Waals surface area contributed by atoms with Gasteiger partial charge in [0.2, 0.25) is 0 Å². The topological polar surface area (TPSA) is 71.7 Å². The first-order valence-electron chi connectivity index (χ1n) is 9.01. The summed E-state index contributed by atoms with van der Waals surface area (Å²) in [5.41, 5.74) is 2.16. The highest BCUT2D eigenvalue weighted by Crippen LogP contribution is 2.20. The van der Waals surface area contributed by atoms with E-state index in [4.69, 9.17) is 9.26 Å². The van der Waals surface area contributed by atoms with Crippen LogP contribution in [0.4, 0.5) is 0 Å². The van der Waals surface area contributed by atoms with Crippen LogP contribution in [-0.2, 0) is 6.54 Å². The van der Waals surface area contributed by atoms with Crippen LogP contribution in [0.1, 0.15) is 21.9 Å². The number of benzene rings is 1. The molecule has 0 atom stereocenters. The first-order valence-corrected chi connectivity index (χ1v) is 9.01. The predicted molar refractivity (Wildman–Crippen MR) is 101 cm³/mol. The third kappa shape index (κ3) is 3.78. The van der Waals surface area contributed by atoms with Gasteiger partial charge in [-0.25, -0.2) is 4.98 Å². The molecule has 4 rings (SSSR count). The van der Waals surface area contributed by atoms with Crippen LogP contribution in [-0.4, -0.2) is 59.1 Å². The molecule has 7 nitrogen and oxygen atoms in total. The van der Waals surface area contributed by atoms with Gasteiger partial charge in [0.1, 0.15) is 11.4 Å². The second-order valence-electron chi connectivity index (χ2n) is 6.76. The SMILES string of the molecule is COc1ccc2nc(C(=O)N3CCN(Cc4cc(C)no4)CC3)ccc2c1. The minimum Gasteiger partial charge on any atom is -0.497 e. The Labute approximate surface area is 157 Å². The lowest BCUT2D eigenvalue weighted by Crippen LogP contribution is -2.48. The molecule has 1 aliphatic rings. The maximum absolute atomic E-state index is 12.8. The molecular weight excluding hydrogens is 344 g/mol. The van der Waals surface area contributed by atoms with Crippen molar-refractivity contribution in [1.82, 2.24) is 19.9 Å². The molecular formula is C20H22N4O3. The number of pyridine rings is 1. The van der Waals surface area contributed by atoms with Gasteiger partial charge in [0, 0.05) is 37.6 Å². The molecule has 1 fully saturated rings. The first-order chi connectivity index (χ1) is 13.1. The van der Waals surface area contributed by atoms with E-state index in [9.17, 15) is 4.79 Å². The van der Waals surface area contributed by atoms with Crippen molar-refractivity contribution in [2.45, 2.75) is 13.5 Å². The van der Waals surface area contributed by atoms with Crippen LogP contribution in [0.3, 0.4) is 0 Å². The number of hydrogen-bond acceptors (Lipinski definition) is 6. The number of aromatic nitrogens is 2. The molecule has 0 bridgehead atoms. The zero-order valence-electron chi connectivity index (χ0n) is 15.5. The third-order valence-corrected chi connectivity index (χ3v) is 4.83. The number of methoxy groups -OCH3 is 1. The van der Waals surface area contributed by atoms with E-state index in [-0.39, 0.29) is 5.91 Å². The second-order valence-corrected chi connectivity index (χ2v) is 6.76. The number of nitrogens with zero attached hydrogens (tertiary/aromatic N) is 4. The van der Waals surface area contributed by atoms with Crippen molar-refractivity contribution in [1.29, 1.82) is 0 Å². The molecule has 2 aromatic heterocycles. The minimum absolute atomic E-state index is 0.0251. The van der Waals surface area contributed by atoms with Crippen molar-refractivity contribution in [3.8, 4) is 5.75 Å². The molecule has 0 saturated carbocycles. The molecule has 1 aliphatic heterocycles. The number of ether oxygens (including phenoxy) is 1. The largest absolute Gasteiger partial charge is 0.497 e. The molecule has 0 aliphatic carbocycles. The average molecular weight is 366 g/mol. The normalized spacial score (nSPS) is 15.3. The summed E-state index contributed by atoms with van der Waals surface area (Å²) < 4.78 is 10.5. The van der Waals surface area contributed by atoms with Crippen molar-refractivity contribution < 1.29 is 14.1 Å². The van der Waals surface area contributed by atoms with Gasteiger partial charge in [0.15, 0.2) is 5.76 Å². The van der Waals surface area contributed by atoms with Crippen molar-refractivity contribution in [2.75, 3.05) is 33.3 Å². The zero-order chi connectivity index (χ0) is 18.8. The molecule has 140 valence electrons. The Morgan fingerprint density at radius 3 is 2.67 bits per heavy atom. The lowest BCUT2D eigenvalue weighted by Gasteiger charge is -2.34. The number of fused-ring (bicyclic) bond motifs is 1. The van der Waals surface area contributed by atoms with Gasteiger partial charge >= 0.3 is 0 Å². The number of carbonyl (C=O) groups excluding carboxylic acids is 1. The van der Waals surface area contributed by atoms with Crippen molar-refractivity contribution in [2.24, 2.45) is 0 Å². The van der Waals surface area contributed by atoms with Gasteiger partial charge in [0.05, 0.1) is 24.9 Å². The van der Waals surface area contributed by atoms with Gasteiger partial charge in [-0.3, -0.25) is 9.69 Å². The Kier molecular flexibility index (Phi) is 4.77. The summed E-state index contributed by atoms with van der Waals surface area (Å²) in [6.07, 6.45) is 0. The van der Waals surface area contributed by atoms with E-state index in [1.165, 1.54) is 0 Å². The number of piperazine rings is 1. The zero-order valence-corrected chi connectivity index (χ0v) is 15.5. The molecule has 3 heterocycles. The summed E-state index contributed by atoms with van der Waals surface area (Å²) in [6.45, 7) is 5.59. The van der Waals surface area contributed by atoms with E-state index in [0.29, 0.717) is 18.8 Å². The van der Waals surface area contributed by atoms with Crippen molar-refractivity contribution in [3.05, 3.63) is 53.5 Å². The van der Waals surface area contributed by atoms with Gasteiger partial charge in [-0.05, 0) is 31.2 Å². The summed E-state index contributed by atoms with van der Waals surface area (Å²) in [5.74, 6) is 1.61. The Bertz CT molecular complexity index is 961. The molecule has 27 heavy (non-hydrogen) atoms. The lowest BCUT2D eigenvalue weighted by atomic mass is 10.1. The summed E-state index contributed by atoms with van der Waals surface area (Å²) in [6, 6.07) is 11.3. The van der Waals surface area contributed by atoms with E-state index < -0.39 is 0 Å². The number of rotatable bonds is 4. The van der Waals surface area contributed by atoms with E-state index in [2.05, 4.69) is 15.0 Å². The van der Waals surface area contributed by atoms with Crippen molar-refractivity contribution in [3.63, 3.8) is 0 Å². The fraction of sp³-hybridized carbons (Fsp3) is 0.350. The number of amides is 1. The Morgan fingerprint density at radius 2 is 1.96 bits per heavy atom. The third-order valence-electron chi connectivity index (χ3n) is 4.83. The maximum Gasteiger partial charge on any atom is 0.272 e. The van der Waals surface area contributed by atoms with Gasteiger partial charge in [0.25, 0.3) is 5.91 Å². The van der Waals surface area contributed by atoms with Crippen LogP contribution in [0.5, 0.6) is 5.75 Å². The standard InChI is InChI=1S/C20H22N4O3/c1-14-11-17(27-22-14)13-23-7-9-24(10-8-23)20(25)19-5-3-15-12-16(26-2)4-6-18(15)21-19/h3-6,11-12H,7-10,13H2,1-2H3. The maximum atomic E-state index is 12.8. The molecule has 0 unspecified atom stereocenters. The predicted octanol–water partition coefficient (Wildman–Crippen LogP) is 2.50. The van der Waals surface area contributed by atoms with Gasteiger partial charge in [-0.15, -0.1) is 0 Å². The number of hydrogen-bond donors (Lipinski definition) is 0. The monoisotopic (exact) mass is 366 g/mol. The van der Waals surface area contributed by atoms with Crippen LogP contribution in [0.25, 0.3) is 10.9 Å². The van der Waals surface area contributed by atoms with E-state index >= 15 is 0 Å². The van der Waals surface area contributed by atoms with Crippen molar-refractivity contribution >= 4 is 16.8 Å². The van der Waals surface area contributed by atoms with Gasteiger partial charge in [-0.2, -0.15) is 0 Å². The van der Waals surface area contributed by atoms with Crippen LogP contribution in [0, 0.1) is 6.92 Å². The summed E-state index contributed by atoms with van der Waals surface area (Å²) in [4.78, 5) is 21.5. The molecule has 0 spiro atoms. The molecule has 1 aromatic carbocycles. The second kappa shape index (κ2) is 7.36. The average Bonchev–Trinajstić information content (AvgIpc) is 3.11. The number of aryl methyl sites for hydroxylation is 1. The van der Waals surface area contributed by atoms with Crippen LogP contribution in [0.15, 0.2) is 40.9 Å². The molecule has 0 N–H and O–H groups in total. The Balaban J connectivity index is 1.40. The van der Waals surface area contributed by atoms with Gasteiger partial charge < -0.3 is 14.2 Å². The summed E-state index contributed by atoms with van der Waals surface area (Å²) in [5, 5.41) is 4.87. The smallest absolute Gasteiger partial charge is 0.272 e. The van der Waals surface area contributed by atoms with E-state index in [0.717, 1.165) is 47.7 Å². The minimum atomic E-state index is -0.0251. The van der Waals surface area contributed by atoms with Crippen LogP contribution >= 0.6 is 0 Å². The highest BCUT2D eigenvalue weighted by Gasteiger charge is 2.23. The Morgan fingerprint density at radius 1 is 1.15 bits per heavy atom.